The van der Waals surface area contributed by atoms with Crippen molar-refractivity contribution in [2.24, 2.45) is 4.99 Å². The van der Waals surface area contributed by atoms with Crippen LogP contribution in [0.15, 0.2) is 77.8 Å². The van der Waals surface area contributed by atoms with Crippen molar-refractivity contribution < 1.29 is 19.4 Å². The van der Waals surface area contributed by atoms with E-state index >= 15 is 0 Å². The molecule has 2 heterocycles. The number of anilines is 1. The maximum Gasteiger partial charge on any atom is 0.338 e. The third-order valence-electron chi connectivity index (χ3n) is 7.54. The van der Waals surface area contributed by atoms with Gasteiger partial charge in [-0.15, -0.1) is 0 Å². The molecule has 5 rings (SSSR count). The fourth-order valence-corrected chi connectivity index (χ4v) is 5.56. The van der Waals surface area contributed by atoms with E-state index in [0.717, 1.165) is 42.6 Å². The molecule has 0 radical (unpaired) electrons. The summed E-state index contributed by atoms with van der Waals surface area (Å²) >= 11 is 0. The standard InChI is InChI=1S/C34H38N4O4/c1-4-42-34(41)25-13-18-28-29(21-25)36-33(40)31(28)32(24-11-7-5-8-12-24)35-26-14-16-27(17-15-26)38(23(2)3)30(39)22-37-19-9-6-10-20-37/h5,7-8,11-18,21,23,36,40H,4,6,9-10,19-20,22H2,1-3H3. The van der Waals surface area contributed by atoms with Crippen molar-refractivity contribution in [1.82, 2.24) is 9.88 Å². The van der Waals surface area contributed by atoms with Crippen LogP contribution in [-0.2, 0) is 9.53 Å². The summed E-state index contributed by atoms with van der Waals surface area (Å²) in [4.78, 5) is 37.7. The largest absolute Gasteiger partial charge is 0.494 e. The molecule has 0 bridgehead atoms. The molecule has 3 aromatic carbocycles. The number of aromatic hydroxyl groups is 1. The fraction of sp³-hybridized carbons (Fsp3) is 0.324. The van der Waals surface area contributed by atoms with Crippen molar-refractivity contribution in [3.63, 3.8) is 0 Å². The lowest BCUT2D eigenvalue weighted by Crippen LogP contribution is -2.45. The summed E-state index contributed by atoms with van der Waals surface area (Å²) in [5.74, 6) is -0.365. The van der Waals surface area contributed by atoms with E-state index in [1.807, 2.05) is 73.3 Å². The van der Waals surface area contributed by atoms with Crippen LogP contribution in [0.2, 0.25) is 0 Å². The van der Waals surface area contributed by atoms with Crippen LogP contribution in [0.25, 0.3) is 10.9 Å². The lowest BCUT2D eigenvalue weighted by Gasteiger charge is -2.31. The number of H-pyrrole nitrogens is 1. The summed E-state index contributed by atoms with van der Waals surface area (Å²) in [5.41, 5.74) is 4.46. The maximum absolute atomic E-state index is 13.3. The molecule has 1 saturated heterocycles. The van der Waals surface area contributed by atoms with Gasteiger partial charge in [0.1, 0.15) is 0 Å². The number of nitrogens with one attached hydrogen (secondary N) is 1. The minimum atomic E-state index is -0.420. The first kappa shape index (κ1) is 29.1. The van der Waals surface area contributed by atoms with Gasteiger partial charge in [-0.3, -0.25) is 9.69 Å². The van der Waals surface area contributed by atoms with Gasteiger partial charge in [0.15, 0.2) is 5.88 Å². The number of fused-ring (bicyclic) bond motifs is 1. The lowest BCUT2D eigenvalue weighted by molar-refractivity contribution is -0.120. The summed E-state index contributed by atoms with van der Waals surface area (Å²) in [6, 6.07) is 22.5. The molecule has 1 fully saturated rings. The number of carbonyl (C=O) groups is 2. The second-order valence-corrected chi connectivity index (χ2v) is 10.9. The van der Waals surface area contributed by atoms with Gasteiger partial charge < -0.3 is 19.7 Å². The zero-order valence-electron chi connectivity index (χ0n) is 24.5. The number of esters is 1. The van der Waals surface area contributed by atoms with E-state index in [1.54, 1.807) is 25.1 Å². The van der Waals surface area contributed by atoms with Crippen LogP contribution in [-0.4, -0.2) is 64.9 Å². The Hall–Kier alpha value is -4.43. The van der Waals surface area contributed by atoms with Crippen molar-refractivity contribution in [3.05, 3.63) is 89.5 Å². The third kappa shape index (κ3) is 6.39. The quantitative estimate of drug-likeness (QED) is 0.179. The lowest BCUT2D eigenvalue weighted by atomic mass is 10.00. The van der Waals surface area contributed by atoms with Gasteiger partial charge in [0.25, 0.3) is 0 Å². The zero-order chi connectivity index (χ0) is 29.6. The van der Waals surface area contributed by atoms with Crippen LogP contribution in [0.4, 0.5) is 11.4 Å². The van der Waals surface area contributed by atoms with Crippen molar-refractivity contribution >= 4 is 39.9 Å². The summed E-state index contributed by atoms with van der Waals surface area (Å²) in [6.45, 7) is 8.47. The highest BCUT2D eigenvalue weighted by molar-refractivity contribution is 6.22. The SMILES string of the molecule is CCOC(=O)c1ccc2c(C(=Nc3ccc(N(C(=O)CN4CCCCC4)C(C)C)cc3)c3ccccc3)c(O)[nH]c2c1. The molecule has 8 heteroatoms. The van der Waals surface area contributed by atoms with Gasteiger partial charge in [-0.1, -0.05) is 42.8 Å². The number of amides is 1. The molecule has 1 aliphatic rings. The van der Waals surface area contributed by atoms with Crippen LogP contribution >= 0.6 is 0 Å². The number of aromatic amines is 1. The molecule has 0 aliphatic carbocycles. The Labute approximate surface area is 246 Å². The number of hydrogen-bond acceptors (Lipinski definition) is 6. The first-order chi connectivity index (χ1) is 20.4. The predicted octanol–water partition coefficient (Wildman–Crippen LogP) is 6.45. The molecule has 2 N–H and O–H groups in total. The summed E-state index contributed by atoms with van der Waals surface area (Å²) < 4.78 is 5.14. The van der Waals surface area contributed by atoms with Gasteiger partial charge in [0.05, 0.1) is 35.7 Å². The van der Waals surface area contributed by atoms with E-state index in [9.17, 15) is 14.7 Å². The smallest absolute Gasteiger partial charge is 0.338 e. The number of piperidine rings is 1. The Balaban J connectivity index is 1.49. The zero-order valence-corrected chi connectivity index (χ0v) is 24.5. The van der Waals surface area contributed by atoms with E-state index in [2.05, 4.69) is 9.88 Å². The second kappa shape index (κ2) is 13.0. The van der Waals surface area contributed by atoms with Crippen molar-refractivity contribution in [2.45, 2.75) is 46.1 Å². The molecule has 0 spiro atoms. The number of carbonyl (C=O) groups excluding carboxylic acids is 2. The monoisotopic (exact) mass is 566 g/mol. The average Bonchev–Trinajstić information content (AvgIpc) is 3.32. The highest BCUT2D eigenvalue weighted by atomic mass is 16.5. The van der Waals surface area contributed by atoms with Gasteiger partial charge in [-0.25, -0.2) is 9.79 Å². The predicted molar refractivity (Wildman–Crippen MR) is 167 cm³/mol. The highest BCUT2D eigenvalue weighted by Crippen LogP contribution is 2.33. The fourth-order valence-electron chi connectivity index (χ4n) is 5.56. The summed E-state index contributed by atoms with van der Waals surface area (Å²) in [5, 5.41) is 11.8. The molecule has 1 aliphatic heterocycles. The van der Waals surface area contributed by atoms with E-state index < -0.39 is 5.97 Å². The molecule has 0 unspecified atom stereocenters. The normalized spacial score (nSPS) is 14.3. The number of benzene rings is 3. The molecule has 8 nitrogen and oxygen atoms in total. The van der Waals surface area contributed by atoms with Crippen LogP contribution in [0, 0.1) is 0 Å². The third-order valence-corrected chi connectivity index (χ3v) is 7.54. The molecular formula is C34H38N4O4. The number of aliphatic imine (C=N–C) groups is 1. The summed E-state index contributed by atoms with van der Waals surface area (Å²) in [7, 11) is 0. The number of rotatable bonds is 9. The number of nitrogens with zero attached hydrogens (tertiary/aromatic N) is 3. The molecule has 42 heavy (non-hydrogen) atoms. The summed E-state index contributed by atoms with van der Waals surface area (Å²) in [6.07, 6.45) is 3.52. The minimum Gasteiger partial charge on any atom is -0.494 e. The van der Waals surface area contributed by atoms with E-state index in [4.69, 9.17) is 9.73 Å². The molecule has 0 saturated carbocycles. The first-order valence-electron chi connectivity index (χ1n) is 14.7. The Kier molecular flexibility index (Phi) is 9.03. The Morgan fingerprint density at radius 1 is 0.976 bits per heavy atom. The van der Waals surface area contributed by atoms with Gasteiger partial charge in [-0.2, -0.15) is 0 Å². The van der Waals surface area contributed by atoms with Gasteiger partial charge in [0, 0.05) is 28.2 Å². The highest BCUT2D eigenvalue weighted by Gasteiger charge is 2.23. The van der Waals surface area contributed by atoms with Gasteiger partial charge >= 0.3 is 5.97 Å². The van der Waals surface area contributed by atoms with E-state index in [-0.39, 0.29) is 24.4 Å². The van der Waals surface area contributed by atoms with E-state index in [0.29, 0.717) is 34.6 Å². The molecule has 1 aromatic heterocycles. The molecule has 4 aromatic rings. The Bertz CT molecular complexity index is 1570. The molecule has 218 valence electrons. The van der Waals surface area contributed by atoms with Crippen molar-refractivity contribution in [3.8, 4) is 5.88 Å². The maximum atomic E-state index is 13.3. The Morgan fingerprint density at radius 2 is 1.69 bits per heavy atom. The number of likely N-dealkylation sites (tertiary alicyclic amines) is 1. The first-order valence-corrected chi connectivity index (χ1v) is 14.7. The molecule has 0 atom stereocenters. The number of aromatic nitrogens is 1. The van der Waals surface area contributed by atoms with Crippen LogP contribution in [0.3, 0.4) is 0 Å². The van der Waals surface area contributed by atoms with Crippen molar-refractivity contribution in [1.29, 1.82) is 0 Å². The Morgan fingerprint density at radius 3 is 2.36 bits per heavy atom. The average molecular weight is 567 g/mol. The molecule has 1 amide bonds. The van der Waals surface area contributed by atoms with Crippen molar-refractivity contribution in [2.75, 3.05) is 31.1 Å². The van der Waals surface area contributed by atoms with Crippen LogP contribution in [0.1, 0.15) is 61.5 Å². The van der Waals surface area contributed by atoms with Gasteiger partial charge in [0.2, 0.25) is 5.91 Å². The number of hydrogen-bond donors (Lipinski definition) is 2. The second-order valence-electron chi connectivity index (χ2n) is 10.9. The van der Waals surface area contributed by atoms with E-state index in [1.165, 1.54) is 6.42 Å². The molecular weight excluding hydrogens is 528 g/mol. The minimum absolute atomic E-state index is 0.0131. The van der Waals surface area contributed by atoms with Gasteiger partial charge in [-0.05, 0) is 83.1 Å². The van der Waals surface area contributed by atoms with Crippen LogP contribution in [0.5, 0.6) is 5.88 Å². The topological polar surface area (TPSA) is 98.2 Å². The number of ether oxygens (including phenoxy) is 1. The van der Waals surface area contributed by atoms with Crippen LogP contribution < -0.4 is 4.90 Å².